The maximum absolute atomic E-state index is 10.8. The second-order valence-corrected chi connectivity index (χ2v) is 4.78. The molecule has 0 aromatic carbocycles. The van der Waals surface area contributed by atoms with Crippen molar-refractivity contribution in [1.29, 1.82) is 0 Å². The number of hydrogen-bond donors (Lipinski definition) is 2. The summed E-state index contributed by atoms with van der Waals surface area (Å²) < 4.78 is 0. The fourth-order valence-electron chi connectivity index (χ4n) is 1.99. The van der Waals surface area contributed by atoms with Gasteiger partial charge in [0.25, 0.3) is 0 Å². The van der Waals surface area contributed by atoms with E-state index >= 15 is 0 Å². The fourth-order valence-corrected chi connectivity index (χ4v) is 2.21. The van der Waals surface area contributed by atoms with Crippen molar-refractivity contribution in [3.63, 3.8) is 0 Å². The molecule has 0 radical (unpaired) electrons. The van der Waals surface area contributed by atoms with Gasteiger partial charge in [-0.15, -0.1) is 0 Å². The van der Waals surface area contributed by atoms with Gasteiger partial charge in [0, 0.05) is 12.2 Å². The highest BCUT2D eigenvalue weighted by atomic mass is 35.5. The molecule has 5 heteroatoms. The van der Waals surface area contributed by atoms with Crippen LogP contribution in [0.3, 0.4) is 0 Å². The standard InChI is InChI=1S/C13H19ClN2O2/c1-4-9(5-2)8(3)16-12-11(14)6-10(7-15-12)13(17)18/h6-9H,4-5H2,1-3H3,(H,15,16)(H,17,18). The smallest absolute Gasteiger partial charge is 0.337 e. The number of anilines is 1. The first-order valence-electron chi connectivity index (χ1n) is 6.14. The minimum absolute atomic E-state index is 0.0979. The molecule has 0 bridgehead atoms. The first-order chi connectivity index (χ1) is 8.49. The number of halogens is 1. The topological polar surface area (TPSA) is 62.2 Å². The number of hydrogen-bond acceptors (Lipinski definition) is 3. The van der Waals surface area contributed by atoms with Crippen LogP contribution >= 0.6 is 11.6 Å². The van der Waals surface area contributed by atoms with Crippen molar-refractivity contribution in [2.75, 3.05) is 5.32 Å². The molecule has 100 valence electrons. The van der Waals surface area contributed by atoms with Crippen LogP contribution in [0, 0.1) is 5.92 Å². The fraction of sp³-hybridized carbons (Fsp3) is 0.538. The van der Waals surface area contributed by atoms with Crippen LogP contribution in [0.15, 0.2) is 12.3 Å². The van der Waals surface area contributed by atoms with Gasteiger partial charge in [0.2, 0.25) is 0 Å². The van der Waals surface area contributed by atoms with Crippen molar-refractivity contribution in [3.8, 4) is 0 Å². The summed E-state index contributed by atoms with van der Waals surface area (Å²) in [5.74, 6) is 0.0621. The molecular weight excluding hydrogens is 252 g/mol. The average molecular weight is 271 g/mol. The van der Waals surface area contributed by atoms with Gasteiger partial charge < -0.3 is 10.4 Å². The van der Waals surface area contributed by atoms with Crippen molar-refractivity contribution < 1.29 is 9.90 Å². The van der Waals surface area contributed by atoms with Crippen LogP contribution in [-0.2, 0) is 0 Å². The maximum atomic E-state index is 10.8. The number of rotatable bonds is 6. The van der Waals surface area contributed by atoms with E-state index in [0.717, 1.165) is 12.8 Å². The minimum Gasteiger partial charge on any atom is -0.478 e. The zero-order chi connectivity index (χ0) is 13.7. The van der Waals surface area contributed by atoms with Gasteiger partial charge in [0.1, 0.15) is 5.82 Å². The number of nitrogens with one attached hydrogen (secondary N) is 1. The minimum atomic E-state index is -1.02. The summed E-state index contributed by atoms with van der Waals surface area (Å²) in [7, 11) is 0. The first-order valence-corrected chi connectivity index (χ1v) is 6.52. The van der Waals surface area contributed by atoms with E-state index in [1.807, 2.05) is 0 Å². The van der Waals surface area contributed by atoms with Gasteiger partial charge in [-0.05, 0) is 18.9 Å². The van der Waals surface area contributed by atoms with E-state index in [1.54, 1.807) is 0 Å². The molecule has 0 spiro atoms. The summed E-state index contributed by atoms with van der Waals surface area (Å²) in [4.78, 5) is 14.8. The molecule has 1 unspecified atom stereocenters. The van der Waals surface area contributed by atoms with E-state index < -0.39 is 5.97 Å². The highest BCUT2D eigenvalue weighted by Gasteiger charge is 2.16. The number of pyridine rings is 1. The highest BCUT2D eigenvalue weighted by Crippen LogP contribution is 2.23. The maximum Gasteiger partial charge on any atom is 0.337 e. The Balaban J connectivity index is 2.82. The molecule has 0 saturated heterocycles. The first kappa shape index (κ1) is 14.8. The van der Waals surface area contributed by atoms with E-state index in [-0.39, 0.29) is 11.6 Å². The lowest BCUT2D eigenvalue weighted by Crippen LogP contribution is -2.25. The molecule has 1 aromatic rings. The molecule has 0 saturated carbocycles. The third kappa shape index (κ3) is 3.60. The molecule has 1 aromatic heterocycles. The molecule has 2 N–H and O–H groups in total. The van der Waals surface area contributed by atoms with E-state index in [1.165, 1.54) is 12.3 Å². The normalized spacial score (nSPS) is 12.5. The van der Waals surface area contributed by atoms with Crippen LogP contribution < -0.4 is 5.32 Å². The number of carbonyl (C=O) groups is 1. The average Bonchev–Trinajstić information content (AvgIpc) is 2.33. The van der Waals surface area contributed by atoms with Crippen LogP contribution in [0.5, 0.6) is 0 Å². The van der Waals surface area contributed by atoms with Gasteiger partial charge in [0.15, 0.2) is 0 Å². The molecule has 0 aliphatic rings. The number of carboxylic acids is 1. The van der Waals surface area contributed by atoms with Crippen LogP contribution in [0.1, 0.15) is 44.0 Å². The van der Waals surface area contributed by atoms with Crippen molar-refractivity contribution in [1.82, 2.24) is 4.98 Å². The van der Waals surface area contributed by atoms with Crippen molar-refractivity contribution >= 4 is 23.4 Å². The summed E-state index contributed by atoms with van der Waals surface area (Å²) in [5, 5.41) is 12.4. The Morgan fingerprint density at radius 1 is 1.50 bits per heavy atom. The molecule has 1 heterocycles. The molecule has 1 rings (SSSR count). The molecule has 0 fully saturated rings. The molecule has 0 amide bonds. The van der Waals surface area contributed by atoms with Gasteiger partial charge in [0.05, 0.1) is 10.6 Å². The van der Waals surface area contributed by atoms with Gasteiger partial charge >= 0.3 is 5.97 Å². The second-order valence-electron chi connectivity index (χ2n) is 4.37. The Hall–Kier alpha value is -1.29. The summed E-state index contributed by atoms with van der Waals surface area (Å²) in [6.07, 6.45) is 3.47. The zero-order valence-electron chi connectivity index (χ0n) is 10.9. The lowest BCUT2D eigenvalue weighted by atomic mass is 9.95. The molecule has 0 aliphatic heterocycles. The largest absolute Gasteiger partial charge is 0.478 e. The van der Waals surface area contributed by atoms with Crippen LogP contribution in [0.25, 0.3) is 0 Å². The molecular formula is C13H19ClN2O2. The van der Waals surface area contributed by atoms with E-state index in [4.69, 9.17) is 16.7 Å². The third-order valence-electron chi connectivity index (χ3n) is 3.21. The number of aromatic carboxylic acids is 1. The van der Waals surface area contributed by atoms with Crippen LogP contribution in [-0.4, -0.2) is 22.1 Å². The zero-order valence-corrected chi connectivity index (χ0v) is 11.7. The Morgan fingerprint density at radius 2 is 2.11 bits per heavy atom. The highest BCUT2D eigenvalue weighted by molar-refractivity contribution is 6.33. The number of carboxylic acid groups (broad SMARTS) is 1. The summed E-state index contributed by atoms with van der Waals surface area (Å²) >= 11 is 6.02. The lowest BCUT2D eigenvalue weighted by molar-refractivity contribution is 0.0696. The Kier molecular flexibility index (Phi) is 5.41. The van der Waals surface area contributed by atoms with Gasteiger partial charge in [-0.1, -0.05) is 38.3 Å². The van der Waals surface area contributed by atoms with E-state index in [0.29, 0.717) is 16.8 Å². The molecule has 18 heavy (non-hydrogen) atoms. The molecule has 4 nitrogen and oxygen atoms in total. The molecule has 0 aliphatic carbocycles. The van der Waals surface area contributed by atoms with E-state index in [9.17, 15) is 4.79 Å². The SMILES string of the molecule is CCC(CC)C(C)Nc1ncc(C(=O)O)cc1Cl. The Labute approximate surface area is 112 Å². The number of nitrogens with zero attached hydrogens (tertiary/aromatic N) is 1. The number of aromatic nitrogens is 1. The molecule has 1 atom stereocenters. The lowest BCUT2D eigenvalue weighted by Gasteiger charge is -2.23. The van der Waals surface area contributed by atoms with Crippen molar-refractivity contribution in [2.24, 2.45) is 5.92 Å². The van der Waals surface area contributed by atoms with Crippen LogP contribution in [0.4, 0.5) is 5.82 Å². The van der Waals surface area contributed by atoms with Crippen LogP contribution in [0.2, 0.25) is 5.02 Å². The predicted octanol–water partition coefficient (Wildman–Crippen LogP) is 3.67. The predicted molar refractivity (Wildman–Crippen MR) is 73.4 cm³/mol. The Bertz CT molecular complexity index is 419. The summed E-state index contributed by atoms with van der Waals surface area (Å²) in [5.41, 5.74) is 0.0979. The van der Waals surface area contributed by atoms with Crippen molar-refractivity contribution in [2.45, 2.75) is 39.7 Å². The van der Waals surface area contributed by atoms with Gasteiger partial charge in [-0.2, -0.15) is 0 Å². The summed E-state index contributed by atoms with van der Waals surface area (Å²) in [6.45, 7) is 6.38. The Morgan fingerprint density at radius 3 is 2.56 bits per heavy atom. The second kappa shape index (κ2) is 6.59. The third-order valence-corrected chi connectivity index (χ3v) is 3.50. The summed E-state index contributed by atoms with van der Waals surface area (Å²) in [6, 6.07) is 1.67. The quantitative estimate of drug-likeness (QED) is 0.828. The van der Waals surface area contributed by atoms with E-state index in [2.05, 4.69) is 31.1 Å². The van der Waals surface area contributed by atoms with Gasteiger partial charge in [-0.25, -0.2) is 9.78 Å². The monoisotopic (exact) mass is 270 g/mol. The van der Waals surface area contributed by atoms with Crippen molar-refractivity contribution in [3.05, 3.63) is 22.8 Å². The van der Waals surface area contributed by atoms with Gasteiger partial charge in [-0.3, -0.25) is 0 Å².